The van der Waals surface area contributed by atoms with Gasteiger partial charge < -0.3 is 4.42 Å². The van der Waals surface area contributed by atoms with Gasteiger partial charge in [-0.2, -0.15) is 0 Å². The summed E-state index contributed by atoms with van der Waals surface area (Å²) in [7, 11) is 0. The quantitative estimate of drug-likeness (QED) is 0.257. The standard InChI is InChI=1S/C28H17BrO/c29-22-10-4-8-20(17-22)19-7-3-9-21(16-19)24-12-5-13-25-27-23-11-2-1-6-18(23)14-15-26(27)30-28(24)25/h1-17H. The average molecular weight is 449 g/mol. The van der Waals surface area contributed by atoms with Crippen molar-refractivity contribution in [2.45, 2.75) is 0 Å². The van der Waals surface area contributed by atoms with E-state index in [4.69, 9.17) is 4.42 Å². The molecule has 5 aromatic carbocycles. The van der Waals surface area contributed by atoms with Gasteiger partial charge in [-0.3, -0.25) is 0 Å². The van der Waals surface area contributed by atoms with Crippen LogP contribution in [0.5, 0.6) is 0 Å². The third-order valence-corrected chi connectivity index (χ3v) is 6.21. The van der Waals surface area contributed by atoms with Gasteiger partial charge in [-0.15, -0.1) is 0 Å². The first kappa shape index (κ1) is 17.5. The lowest BCUT2D eigenvalue weighted by atomic mass is 9.97. The highest BCUT2D eigenvalue weighted by atomic mass is 79.9. The summed E-state index contributed by atoms with van der Waals surface area (Å²) >= 11 is 3.58. The van der Waals surface area contributed by atoms with Crippen molar-refractivity contribution in [1.29, 1.82) is 0 Å². The van der Waals surface area contributed by atoms with E-state index in [2.05, 4.69) is 113 Å². The molecule has 30 heavy (non-hydrogen) atoms. The van der Waals surface area contributed by atoms with Crippen molar-refractivity contribution < 1.29 is 4.42 Å². The molecule has 0 bridgehead atoms. The Morgan fingerprint density at radius 3 is 2.20 bits per heavy atom. The zero-order valence-corrected chi connectivity index (χ0v) is 17.7. The van der Waals surface area contributed by atoms with Gasteiger partial charge in [0.25, 0.3) is 0 Å². The maximum Gasteiger partial charge on any atom is 0.143 e. The monoisotopic (exact) mass is 448 g/mol. The normalized spacial score (nSPS) is 11.5. The van der Waals surface area contributed by atoms with Crippen molar-refractivity contribution in [3.05, 3.63) is 108 Å². The lowest BCUT2D eigenvalue weighted by Crippen LogP contribution is -1.82. The molecule has 0 N–H and O–H groups in total. The molecule has 0 saturated carbocycles. The second-order valence-electron chi connectivity index (χ2n) is 7.54. The summed E-state index contributed by atoms with van der Waals surface area (Å²) in [4.78, 5) is 0. The van der Waals surface area contributed by atoms with Gasteiger partial charge in [-0.1, -0.05) is 94.8 Å². The first-order chi connectivity index (χ1) is 14.8. The summed E-state index contributed by atoms with van der Waals surface area (Å²) in [6, 6.07) is 36.2. The molecule has 0 radical (unpaired) electrons. The van der Waals surface area contributed by atoms with E-state index in [0.29, 0.717) is 0 Å². The second kappa shape index (κ2) is 6.86. The van der Waals surface area contributed by atoms with Crippen LogP contribution in [-0.4, -0.2) is 0 Å². The van der Waals surface area contributed by atoms with Crippen molar-refractivity contribution in [3.63, 3.8) is 0 Å². The molecule has 0 amide bonds. The minimum absolute atomic E-state index is 0.930. The van der Waals surface area contributed by atoms with Gasteiger partial charge in [-0.05, 0) is 51.7 Å². The minimum Gasteiger partial charge on any atom is -0.455 e. The number of fused-ring (bicyclic) bond motifs is 5. The van der Waals surface area contributed by atoms with E-state index in [9.17, 15) is 0 Å². The lowest BCUT2D eigenvalue weighted by Gasteiger charge is -2.07. The smallest absolute Gasteiger partial charge is 0.143 e. The first-order valence-corrected chi connectivity index (χ1v) is 10.8. The number of benzene rings is 5. The van der Waals surface area contributed by atoms with E-state index in [1.165, 1.54) is 27.3 Å². The van der Waals surface area contributed by atoms with Crippen LogP contribution in [0.4, 0.5) is 0 Å². The molecule has 0 fully saturated rings. The Morgan fingerprint density at radius 1 is 0.567 bits per heavy atom. The van der Waals surface area contributed by atoms with Crippen molar-refractivity contribution in [2.75, 3.05) is 0 Å². The Balaban J connectivity index is 1.60. The highest BCUT2D eigenvalue weighted by Crippen LogP contribution is 2.39. The summed E-state index contributed by atoms with van der Waals surface area (Å²) in [6.07, 6.45) is 0. The van der Waals surface area contributed by atoms with Gasteiger partial charge in [-0.25, -0.2) is 0 Å². The predicted octanol–water partition coefficient (Wildman–Crippen LogP) is 8.84. The Kier molecular flexibility index (Phi) is 4.00. The fourth-order valence-electron chi connectivity index (χ4n) is 4.33. The average Bonchev–Trinajstić information content (AvgIpc) is 3.18. The molecule has 0 aliphatic carbocycles. The van der Waals surface area contributed by atoms with Crippen molar-refractivity contribution in [1.82, 2.24) is 0 Å². The number of furan rings is 1. The topological polar surface area (TPSA) is 13.1 Å². The summed E-state index contributed by atoms with van der Waals surface area (Å²) in [5.74, 6) is 0. The molecular weight excluding hydrogens is 432 g/mol. The number of halogens is 1. The van der Waals surface area contributed by atoms with Crippen molar-refractivity contribution in [3.8, 4) is 22.3 Å². The van der Waals surface area contributed by atoms with E-state index < -0.39 is 0 Å². The van der Waals surface area contributed by atoms with Crippen LogP contribution in [-0.2, 0) is 0 Å². The molecular formula is C28H17BrO. The highest BCUT2D eigenvalue weighted by Gasteiger charge is 2.14. The third kappa shape index (κ3) is 2.76. The van der Waals surface area contributed by atoms with Crippen LogP contribution in [0.2, 0.25) is 0 Å². The van der Waals surface area contributed by atoms with E-state index in [1.54, 1.807) is 0 Å². The van der Waals surface area contributed by atoms with Crippen molar-refractivity contribution in [2.24, 2.45) is 0 Å². The van der Waals surface area contributed by atoms with Crippen LogP contribution in [0.25, 0.3) is 55.0 Å². The molecule has 0 spiro atoms. The Bertz CT molecular complexity index is 1560. The number of rotatable bonds is 2. The van der Waals surface area contributed by atoms with Gasteiger partial charge in [0.15, 0.2) is 0 Å². The summed E-state index contributed by atoms with van der Waals surface area (Å²) in [5.41, 5.74) is 6.52. The van der Waals surface area contributed by atoms with E-state index in [0.717, 1.165) is 32.2 Å². The first-order valence-electron chi connectivity index (χ1n) is 9.97. The largest absolute Gasteiger partial charge is 0.455 e. The van der Waals surface area contributed by atoms with Gasteiger partial charge in [0, 0.05) is 20.8 Å². The number of hydrogen-bond donors (Lipinski definition) is 0. The van der Waals surface area contributed by atoms with Gasteiger partial charge in [0.2, 0.25) is 0 Å². The molecule has 0 unspecified atom stereocenters. The molecule has 1 aromatic heterocycles. The third-order valence-electron chi connectivity index (χ3n) is 5.72. The van der Waals surface area contributed by atoms with Crippen LogP contribution in [0.15, 0.2) is 112 Å². The van der Waals surface area contributed by atoms with E-state index in [1.807, 2.05) is 6.07 Å². The molecule has 0 aliphatic rings. The van der Waals surface area contributed by atoms with E-state index in [-0.39, 0.29) is 0 Å². The SMILES string of the molecule is Brc1cccc(-c2cccc(-c3cccc4c3oc3ccc5ccccc5c34)c2)c1. The maximum atomic E-state index is 6.40. The number of para-hydroxylation sites is 1. The fourth-order valence-corrected chi connectivity index (χ4v) is 4.73. The van der Waals surface area contributed by atoms with Crippen LogP contribution in [0, 0.1) is 0 Å². The number of hydrogen-bond acceptors (Lipinski definition) is 1. The summed E-state index contributed by atoms with van der Waals surface area (Å²) < 4.78 is 7.48. The van der Waals surface area contributed by atoms with Gasteiger partial charge >= 0.3 is 0 Å². The molecule has 0 saturated heterocycles. The zero-order chi connectivity index (χ0) is 20.1. The molecule has 0 atom stereocenters. The molecule has 0 aliphatic heterocycles. The molecule has 142 valence electrons. The van der Waals surface area contributed by atoms with Crippen LogP contribution < -0.4 is 0 Å². The Hall–Kier alpha value is -3.36. The van der Waals surface area contributed by atoms with Crippen LogP contribution in [0.1, 0.15) is 0 Å². The highest BCUT2D eigenvalue weighted by molar-refractivity contribution is 9.10. The maximum absolute atomic E-state index is 6.40. The van der Waals surface area contributed by atoms with Crippen LogP contribution >= 0.6 is 15.9 Å². The van der Waals surface area contributed by atoms with E-state index >= 15 is 0 Å². The summed E-state index contributed by atoms with van der Waals surface area (Å²) in [6.45, 7) is 0. The van der Waals surface area contributed by atoms with Gasteiger partial charge in [0.1, 0.15) is 11.2 Å². The predicted molar refractivity (Wildman–Crippen MR) is 130 cm³/mol. The molecule has 6 aromatic rings. The zero-order valence-electron chi connectivity index (χ0n) is 16.1. The molecule has 1 nitrogen and oxygen atoms in total. The second-order valence-corrected chi connectivity index (χ2v) is 8.45. The van der Waals surface area contributed by atoms with Crippen molar-refractivity contribution >= 4 is 48.6 Å². The Labute approximate surface area is 182 Å². The Morgan fingerprint density at radius 2 is 1.30 bits per heavy atom. The fraction of sp³-hybridized carbons (Fsp3) is 0. The lowest BCUT2D eigenvalue weighted by molar-refractivity contribution is 0.670. The van der Waals surface area contributed by atoms with Crippen LogP contribution in [0.3, 0.4) is 0 Å². The molecule has 2 heteroatoms. The molecule has 6 rings (SSSR count). The summed E-state index contributed by atoms with van der Waals surface area (Å²) in [5, 5.41) is 4.81. The minimum atomic E-state index is 0.930. The molecule has 1 heterocycles. The van der Waals surface area contributed by atoms with Gasteiger partial charge in [0.05, 0.1) is 0 Å².